The highest BCUT2D eigenvalue weighted by Gasteiger charge is 2.33. The van der Waals surface area contributed by atoms with Gasteiger partial charge in [-0.2, -0.15) is 26.3 Å². The first kappa shape index (κ1) is 16.1. The van der Waals surface area contributed by atoms with Gasteiger partial charge in [-0.1, -0.05) is 12.1 Å². The van der Waals surface area contributed by atoms with E-state index in [1.807, 2.05) is 0 Å². The molecule has 1 aromatic carbocycles. The van der Waals surface area contributed by atoms with Gasteiger partial charge in [-0.05, 0) is 46.9 Å². The van der Waals surface area contributed by atoms with Gasteiger partial charge in [0.2, 0.25) is 0 Å². The highest BCUT2D eigenvalue weighted by Crippen LogP contribution is 2.34. The predicted molar refractivity (Wildman–Crippen MR) is 72.4 cm³/mol. The van der Waals surface area contributed by atoms with Gasteiger partial charge in [-0.15, -0.1) is 0 Å². The Kier molecular flexibility index (Phi) is 4.18. The molecule has 1 aromatic heterocycles. The highest BCUT2D eigenvalue weighted by atomic mass is 127. The van der Waals surface area contributed by atoms with Gasteiger partial charge in [0.25, 0.3) is 0 Å². The normalized spacial score (nSPS) is 12.5. The van der Waals surface area contributed by atoms with Crippen molar-refractivity contribution in [1.29, 1.82) is 0 Å². The van der Waals surface area contributed by atoms with Crippen molar-refractivity contribution in [2.75, 3.05) is 0 Å². The first-order chi connectivity index (χ1) is 9.59. The quantitative estimate of drug-likeness (QED) is 0.448. The molecule has 2 aromatic rings. The standard InChI is InChI=1S/C13H6F6IN/c14-12(15,16)8-3-1-7(2-4-8)11-9(20)5-6-10(21-11)13(17,18)19/h1-6H. The van der Waals surface area contributed by atoms with E-state index in [4.69, 9.17) is 0 Å². The molecule has 0 amide bonds. The molecule has 2 rings (SSSR count). The molecule has 21 heavy (non-hydrogen) atoms. The lowest BCUT2D eigenvalue weighted by Gasteiger charge is -2.11. The third-order valence-electron chi connectivity index (χ3n) is 2.62. The second-order valence-corrected chi connectivity index (χ2v) is 5.26. The van der Waals surface area contributed by atoms with Crippen molar-refractivity contribution in [3.8, 4) is 11.3 Å². The van der Waals surface area contributed by atoms with Gasteiger partial charge in [-0.3, -0.25) is 0 Å². The van der Waals surface area contributed by atoms with E-state index in [-0.39, 0.29) is 11.3 Å². The number of halogens is 7. The highest BCUT2D eigenvalue weighted by molar-refractivity contribution is 14.1. The van der Waals surface area contributed by atoms with Crippen molar-refractivity contribution in [3.05, 3.63) is 51.2 Å². The number of pyridine rings is 1. The molecule has 0 aliphatic carbocycles. The first-order valence-corrected chi connectivity index (χ1v) is 6.58. The molecular weight excluding hydrogens is 411 g/mol. The molecule has 0 bridgehead atoms. The van der Waals surface area contributed by atoms with Crippen LogP contribution in [0.25, 0.3) is 11.3 Å². The summed E-state index contributed by atoms with van der Waals surface area (Å²) in [5, 5.41) is 0. The van der Waals surface area contributed by atoms with E-state index < -0.39 is 23.6 Å². The van der Waals surface area contributed by atoms with Gasteiger partial charge >= 0.3 is 12.4 Å². The SMILES string of the molecule is FC(F)(F)c1ccc(-c2nc(C(F)(F)F)ccc2I)cc1. The lowest BCUT2D eigenvalue weighted by atomic mass is 10.1. The number of hydrogen-bond donors (Lipinski definition) is 0. The molecule has 0 saturated heterocycles. The summed E-state index contributed by atoms with van der Waals surface area (Å²) < 4.78 is 75.7. The summed E-state index contributed by atoms with van der Waals surface area (Å²) in [6.45, 7) is 0. The van der Waals surface area contributed by atoms with Crippen molar-refractivity contribution in [1.82, 2.24) is 4.98 Å². The van der Waals surface area contributed by atoms with E-state index in [1.54, 1.807) is 22.6 Å². The predicted octanol–water partition coefficient (Wildman–Crippen LogP) is 5.39. The molecule has 0 atom stereocenters. The lowest BCUT2D eigenvalue weighted by Crippen LogP contribution is -2.09. The van der Waals surface area contributed by atoms with Gasteiger partial charge in [0.15, 0.2) is 0 Å². The van der Waals surface area contributed by atoms with Crippen LogP contribution in [-0.2, 0) is 12.4 Å². The monoisotopic (exact) mass is 417 g/mol. The number of benzene rings is 1. The summed E-state index contributed by atoms with van der Waals surface area (Å²) in [5.41, 5.74) is -1.76. The van der Waals surface area contributed by atoms with Gasteiger partial charge < -0.3 is 0 Å². The van der Waals surface area contributed by atoms with E-state index in [0.29, 0.717) is 3.57 Å². The maximum atomic E-state index is 12.6. The maximum absolute atomic E-state index is 12.6. The summed E-state index contributed by atoms with van der Waals surface area (Å²) in [4.78, 5) is 3.49. The van der Waals surface area contributed by atoms with Crippen LogP contribution in [0.2, 0.25) is 0 Å². The maximum Gasteiger partial charge on any atom is 0.433 e. The minimum Gasteiger partial charge on any atom is -0.242 e. The molecule has 0 N–H and O–H groups in total. The molecule has 1 heterocycles. The first-order valence-electron chi connectivity index (χ1n) is 5.50. The Hall–Kier alpha value is -1.32. The smallest absolute Gasteiger partial charge is 0.242 e. The Labute approximate surface area is 129 Å². The molecule has 0 aliphatic rings. The number of rotatable bonds is 1. The van der Waals surface area contributed by atoms with Crippen LogP contribution in [0.15, 0.2) is 36.4 Å². The lowest BCUT2D eigenvalue weighted by molar-refractivity contribution is -0.141. The molecule has 0 saturated carbocycles. The summed E-state index contributed by atoms with van der Waals surface area (Å²) in [7, 11) is 0. The molecule has 0 fully saturated rings. The molecule has 0 aliphatic heterocycles. The van der Waals surface area contributed by atoms with E-state index in [2.05, 4.69) is 4.98 Å². The van der Waals surface area contributed by atoms with Crippen LogP contribution in [0, 0.1) is 3.57 Å². The van der Waals surface area contributed by atoms with E-state index >= 15 is 0 Å². The number of hydrogen-bond acceptors (Lipinski definition) is 1. The number of alkyl halides is 6. The number of nitrogens with zero attached hydrogens (tertiary/aromatic N) is 1. The Balaban J connectivity index is 2.47. The summed E-state index contributed by atoms with van der Waals surface area (Å²) in [6, 6.07) is 5.89. The van der Waals surface area contributed by atoms with Crippen LogP contribution in [0.4, 0.5) is 26.3 Å². The second-order valence-electron chi connectivity index (χ2n) is 4.10. The van der Waals surface area contributed by atoms with Crippen LogP contribution in [0.5, 0.6) is 0 Å². The fraction of sp³-hybridized carbons (Fsp3) is 0.154. The molecule has 0 radical (unpaired) electrons. The van der Waals surface area contributed by atoms with Crippen LogP contribution >= 0.6 is 22.6 Å². The van der Waals surface area contributed by atoms with E-state index in [9.17, 15) is 26.3 Å². The molecule has 112 valence electrons. The van der Waals surface area contributed by atoms with Crippen LogP contribution < -0.4 is 0 Å². The third kappa shape index (κ3) is 3.66. The average molecular weight is 417 g/mol. The molecule has 8 heteroatoms. The van der Waals surface area contributed by atoms with Crippen molar-refractivity contribution in [2.45, 2.75) is 12.4 Å². The fourth-order valence-corrected chi connectivity index (χ4v) is 2.23. The van der Waals surface area contributed by atoms with Crippen molar-refractivity contribution in [3.63, 3.8) is 0 Å². The zero-order chi connectivity index (χ0) is 15.8. The minimum atomic E-state index is -4.61. The molecule has 0 spiro atoms. The molecule has 1 nitrogen and oxygen atoms in total. The topological polar surface area (TPSA) is 12.9 Å². The Bertz CT molecular complexity index is 645. The van der Waals surface area contributed by atoms with Gasteiger partial charge in [0.05, 0.1) is 11.3 Å². The van der Waals surface area contributed by atoms with Gasteiger partial charge in [-0.25, -0.2) is 4.98 Å². The summed E-state index contributed by atoms with van der Waals surface area (Å²) in [6.07, 6.45) is -9.10. The van der Waals surface area contributed by atoms with Gasteiger partial charge in [0, 0.05) is 9.13 Å². The van der Waals surface area contributed by atoms with E-state index in [0.717, 1.165) is 30.3 Å². The average Bonchev–Trinajstić information content (AvgIpc) is 2.37. The molecular formula is C13H6F6IN. The van der Waals surface area contributed by atoms with Crippen molar-refractivity contribution < 1.29 is 26.3 Å². The summed E-state index contributed by atoms with van der Waals surface area (Å²) in [5.74, 6) is 0. The Morgan fingerprint density at radius 2 is 1.33 bits per heavy atom. The minimum absolute atomic E-state index is 0.000788. The zero-order valence-corrected chi connectivity index (χ0v) is 12.2. The van der Waals surface area contributed by atoms with Gasteiger partial charge in [0.1, 0.15) is 5.69 Å². The fourth-order valence-electron chi connectivity index (χ4n) is 1.62. The third-order valence-corrected chi connectivity index (χ3v) is 3.49. The van der Waals surface area contributed by atoms with Crippen molar-refractivity contribution >= 4 is 22.6 Å². The zero-order valence-electron chi connectivity index (χ0n) is 10.1. The number of aromatic nitrogens is 1. The van der Waals surface area contributed by atoms with Crippen LogP contribution in [0.1, 0.15) is 11.3 Å². The molecule has 0 unspecified atom stereocenters. The Morgan fingerprint density at radius 1 is 0.762 bits per heavy atom. The van der Waals surface area contributed by atoms with Crippen LogP contribution in [-0.4, -0.2) is 4.98 Å². The largest absolute Gasteiger partial charge is 0.433 e. The van der Waals surface area contributed by atoms with Crippen molar-refractivity contribution in [2.24, 2.45) is 0 Å². The second kappa shape index (κ2) is 5.47. The van der Waals surface area contributed by atoms with E-state index in [1.165, 1.54) is 6.07 Å². The Morgan fingerprint density at radius 3 is 1.81 bits per heavy atom. The summed E-state index contributed by atoms with van der Waals surface area (Å²) >= 11 is 1.78. The van der Waals surface area contributed by atoms with Crippen LogP contribution in [0.3, 0.4) is 0 Å².